The van der Waals surface area contributed by atoms with Gasteiger partial charge in [0.2, 0.25) is 10.0 Å². The summed E-state index contributed by atoms with van der Waals surface area (Å²) in [5.41, 5.74) is 0. The molecule has 1 aliphatic rings. The van der Waals surface area contributed by atoms with Crippen molar-refractivity contribution in [2.45, 2.75) is 23.8 Å². The van der Waals surface area contributed by atoms with Crippen molar-refractivity contribution in [1.29, 1.82) is 0 Å². The molecule has 0 radical (unpaired) electrons. The Morgan fingerprint density at radius 2 is 1.92 bits per heavy atom. The molecule has 2 amide bonds. The maximum atomic E-state index is 12.8. The molecule has 0 unspecified atom stereocenters. The van der Waals surface area contributed by atoms with Crippen LogP contribution in [0.1, 0.15) is 12.8 Å². The highest BCUT2D eigenvalue weighted by Gasteiger charge is 2.35. The predicted molar refractivity (Wildman–Crippen MR) is 87.0 cm³/mol. The van der Waals surface area contributed by atoms with Gasteiger partial charge in [0.15, 0.2) is 0 Å². The van der Waals surface area contributed by atoms with Crippen LogP contribution in [0.25, 0.3) is 0 Å². The second-order valence-corrected chi connectivity index (χ2v) is 7.27. The Morgan fingerprint density at radius 3 is 2.50 bits per heavy atom. The molecular weight excluding hydrogens is 334 g/mol. The fourth-order valence-corrected chi connectivity index (χ4v) is 4.31. The SMILES string of the molecule is CNC(=O)C(=O)NC[C@H]1CCCN1S(=O)(=O)c1ccc(OC)cc1. The third-order valence-corrected chi connectivity index (χ3v) is 5.89. The van der Waals surface area contributed by atoms with Crippen molar-refractivity contribution in [3.8, 4) is 5.75 Å². The molecule has 0 spiro atoms. The minimum atomic E-state index is -3.66. The van der Waals surface area contributed by atoms with Crippen LogP contribution in [0.4, 0.5) is 0 Å². The standard InChI is InChI=1S/C15H21N3O5S/c1-16-14(19)15(20)17-10-11-4-3-9-18(11)24(21,22)13-7-5-12(23-2)6-8-13/h5-8,11H,3-4,9-10H2,1-2H3,(H,16,19)(H,17,20)/t11-/m1/s1. The third kappa shape index (κ3) is 3.85. The largest absolute Gasteiger partial charge is 0.497 e. The van der Waals surface area contributed by atoms with Gasteiger partial charge in [-0.3, -0.25) is 9.59 Å². The molecule has 0 aliphatic carbocycles. The highest BCUT2D eigenvalue weighted by molar-refractivity contribution is 7.89. The average molecular weight is 355 g/mol. The molecule has 1 fully saturated rings. The Labute approximate surface area is 141 Å². The number of amides is 2. The highest BCUT2D eigenvalue weighted by Crippen LogP contribution is 2.26. The first kappa shape index (κ1) is 18.2. The number of benzene rings is 1. The van der Waals surface area contributed by atoms with Gasteiger partial charge in [0.1, 0.15) is 5.75 Å². The lowest BCUT2D eigenvalue weighted by Gasteiger charge is -2.24. The van der Waals surface area contributed by atoms with E-state index in [1.54, 1.807) is 12.1 Å². The summed E-state index contributed by atoms with van der Waals surface area (Å²) in [5.74, 6) is -0.950. The van der Waals surface area contributed by atoms with Crippen molar-refractivity contribution < 1.29 is 22.7 Å². The monoisotopic (exact) mass is 355 g/mol. The minimum absolute atomic E-state index is 0.0988. The van der Waals surface area contributed by atoms with E-state index in [4.69, 9.17) is 4.74 Å². The van der Waals surface area contributed by atoms with E-state index >= 15 is 0 Å². The number of nitrogens with one attached hydrogen (secondary N) is 2. The first-order valence-corrected chi connectivity index (χ1v) is 9.00. The maximum Gasteiger partial charge on any atom is 0.309 e. The molecular formula is C15H21N3O5S. The summed E-state index contributed by atoms with van der Waals surface area (Å²) >= 11 is 0. The van der Waals surface area contributed by atoms with Gasteiger partial charge in [0.05, 0.1) is 12.0 Å². The quantitative estimate of drug-likeness (QED) is 0.706. The lowest BCUT2D eigenvalue weighted by Crippen LogP contribution is -2.46. The first-order chi connectivity index (χ1) is 11.4. The fourth-order valence-electron chi connectivity index (χ4n) is 2.62. The zero-order chi connectivity index (χ0) is 17.7. The predicted octanol–water partition coefficient (Wildman–Crippen LogP) is -0.289. The Bertz CT molecular complexity index is 702. The van der Waals surface area contributed by atoms with E-state index in [0.717, 1.165) is 0 Å². The van der Waals surface area contributed by atoms with Gasteiger partial charge in [0, 0.05) is 26.2 Å². The number of ether oxygens (including phenoxy) is 1. The number of hydrogen-bond acceptors (Lipinski definition) is 5. The highest BCUT2D eigenvalue weighted by atomic mass is 32.2. The van der Waals surface area contributed by atoms with E-state index in [1.807, 2.05) is 0 Å². The third-order valence-electron chi connectivity index (χ3n) is 3.92. The van der Waals surface area contributed by atoms with Crippen LogP contribution in [0.15, 0.2) is 29.2 Å². The molecule has 0 bridgehead atoms. The van der Waals surface area contributed by atoms with Crippen LogP contribution in [0.3, 0.4) is 0 Å². The number of carbonyl (C=O) groups excluding carboxylic acids is 2. The number of rotatable bonds is 5. The number of nitrogens with zero attached hydrogens (tertiary/aromatic N) is 1. The van der Waals surface area contributed by atoms with Gasteiger partial charge in [-0.15, -0.1) is 0 Å². The maximum absolute atomic E-state index is 12.8. The summed E-state index contributed by atoms with van der Waals surface area (Å²) in [4.78, 5) is 22.9. The van der Waals surface area contributed by atoms with Crippen LogP contribution in [0.2, 0.25) is 0 Å². The zero-order valence-electron chi connectivity index (χ0n) is 13.6. The Kier molecular flexibility index (Phi) is 5.79. The van der Waals surface area contributed by atoms with Gasteiger partial charge in [-0.25, -0.2) is 8.42 Å². The second-order valence-electron chi connectivity index (χ2n) is 5.38. The molecule has 24 heavy (non-hydrogen) atoms. The van der Waals surface area contributed by atoms with Gasteiger partial charge in [0.25, 0.3) is 0 Å². The minimum Gasteiger partial charge on any atom is -0.497 e. The van der Waals surface area contributed by atoms with Crippen molar-refractivity contribution in [3.05, 3.63) is 24.3 Å². The van der Waals surface area contributed by atoms with Gasteiger partial charge in [-0.2, -0.15) is 4.31 Å². The fraction of sp³-hybridized carbons (Fsp3) is 0.467. The van der Waals surface area contributed by atoms with Crippen LogP contribution in [0, 0.1) is 0 Å². The van der Waals surface area contributed by atoms with Crippen molar-refractivity contribution in [3.63, 3.8) is 0 Å². The summed E-state index contributed by atoms with van der Waals surface area (Å²) in [5, 5.41) is 4.69. The number of hydrogen-bond donors (Lipinski definition) is 2. The summed E-state index contributed by atoms with van der Waals surface area (Å²) in [6, 6.07) is 5.79. The molecule has 1 atom stereocenters. The number of methoxy groups -OCH3 is 1. The Hall–Kier alpha value is -2.13. The van der Waals surface area contributed by atoms with Gasteiger partial charge < -0.3 is 15.4 Å². The summed E-state index contributed by atoms with van der Waals surface area (Å²) in [6.45, 7) is 0.483. The van der Waals surface area contributed by atoms with Crippen LogP contribution < -0.4 is 15.4 Å². The van der Waals surface area contributed by atoms with E-state index in [1.165, 1.54) is 30.6 Å². The molecule has 1 heterocycles. The summed E-state index contributed by atoms with van der Waals surface area (Å²) < 4.78 is 32.0. The molecule has 132 valence electrons. The van der Waals surface area contributed by atoms with Crippen LogP contribution in [-0.2, 0) is 19.6 Å². The van der Waals surface area contributed by atoms with Crippen LogP contribution in [0.5, 0.6) is 5.75 Å². The molecule has 1 aromatic rings. The topological polar surface area (TPSA) is 105 Å². The number of sulfonamides is 1. The number of likely N-dealkylation sites (N-methyl/N-ethyl adjacent to an activating group) is 1. The molecule has 0 saturated carbocycles. The van der Waals surface area contributed by atoms with Crippen molar-refractivity contribution in [2.24, 2.45) is 0 Å². The van der Waals surface area contributed by atoms with E-state index in [9.17, 15) is 18.0 Å². The molecule has 9 heteroatoms. The molecule has 1 aliphatic heterocycles. The van der Waals surface area contributed by atoms with E-state index in [2.05, 4.69) is 10.6 Å². The van der Waals surface area contributed by atoms with Crippen molar-refractivity contribution in [1.82, 2.24) is 14.9 Å². The van der Waals surface area contributed by atoms with Gasteiger partial charge in [-0.1, -0.05) is 0 Å². The smallest absolute Gasteiger partial charge is 0.309 e. The molecule has 1 aromatic carbocycles. The lowest BCUT2D eigenvalue weighted by atomic mass is 10.2. The number of carbonyl (C=O) groups is 2. The Morgan fingerprint density at radius 1 is 1.25 bits per heavy atom. The van der Waals surface area contributed by atoms with Crippen LogP contribution >= 0.6 is 0 Å². The molecule has 8 nitrogen and oxygen atoms in total. The van der Waals surface area contributed by atoms with E-state index in [0.29, 0.717) is 25.1 Å². The van der Waals surface area contributed by atoms with Gasteiger partial charge >= 0.3 is 11.8 Å². The van der Waals surface area contributed by atoms with Crippen LogP contribution in [-0.4, -0.2) is 57.8 Å². The normalized spacial score (nSPS) is 18.2. The average Bonchev–Trinajstić information content (AvgIpc) is 3.08. The molecule has 0 aromatic heterocycles. The first-order valence-electron chi connectivity index (χ1n) is 7.56. The molecule has 2 N–H and O–H groups in total. The lowest BCUT2D eigenvalue weighted by molar-refractivity contribution is -0.138. The second kappa shape index (κ2) is 7.63. The van der Waals surface area contributed by atoms with E-state index in [-0.39, 0.29) is 17.5 Å². The zero-order valence-corrected chi connectivity index (χ0v) is 14.4. The summed E-state index contributed by atoms with van der Waals surface area (Å²) in [7, 11) is -0.793. The molecule has 2 rings (SSSR count). The van der Waals surface area contributed by atoms with Gasteiger partial charge in [-0.05, 0) is 37.1 Å². The van der Waals surface area contributed by atoms with E-state index < -0.39 is 21.8 Å². The van der Waals surface area contributed by atoms with Crippen molar-refractivity contribution >= 4 is 21.8 Å². The summed E-state index contributed by atoms with van der Waals surface area (Å²) in [6.07, 6.45) is 1.33. The van der Waals surface area contributed by atoms with Crippen molar-refractivity contribution in [2.75, 3.05) is 27.2 Å². The molecule has 1 saturated heterocycles. The Balaban J connectivity index is 2.10.